The monoisotopic (exact) mass is 341 g/mol. The fraction of sp³-hybridized carbons (Fsp3) is 0.200. The van der Waals surface area contributed by atoms with Gasteiger partial charge in [-0.25, -0.2) is 4.39 Å². The van der Waals surface area contributed by atoms with Crippen LogP contribution in [0.15, 0.2) is 46.9 Å². The molecule has 0 aliphatic heterocycles. The van der Waals surface area contributed by atoms with Crippen molar-refractivity contribution in [1.29, 1.82) is 0 Å². The van der Waals surface area contributed by atoms with E-state index >= 15 is 0 Å². The normalized spacial score (nSPS) is 12.4. The molecule has 4 heteroatoms. The van der Waals surface area contributed by atoms with Crippen molar-refractivity contribution in [1.82, 2.24) is 0 Å². The predicted octanol–water partition coefficient (Wildman–Crippen LogP) is 4.35. The summed E-state index contributed by atoms with van der Waals surface area (Å²) in [4.78, 5) is 0. The van der Waals surface area contributed by atoms with Gasteiger partial charge in [-0.2, -0.15) is 0 Å². The van der Waals surface area contributed by atoms with Crippen molar-refractivity contribution < 1.29 is 4.39 Å². The van der Waals surface area contributed by atoms with Gasteiger partial charge < -0.3 is 5.73 Å². The molecule has 2 rings (SSSR count). The van der Waals surface area contributed by atoms with Crippen LogP contribution in [0.4, 0.5) is 4.39 Å². The van der Waals surface area contributed by atoms with E-state index in [1.807, 2.05) is 24.3 Å². The van der Waals surface area contributed by atoms with E-state index in [1.54, 1.807) is 12.1 Å². The molecule has 1 nitrogen and oxygen atoms in total. The van der Waals surface area contributed by atoms with Crippen LogP contribution < -0.4 is 5.73 Å². The zero-order valence-corrected chi connectivity index (χ0v) is 12.6. The van der Waals surface area contributed by atoms with Gasteiger partial charge >= 0.3 is 0 Å². The summed E-state index contributed by atoms with van der Waals surface area (Å²) in [7, 11) is 0. The summed E-state index contributed by atoms with van der Waals surface area (Å²) in [6.07, 6.45) is 1.17. The first-order chi connectivity index (χ1) is 9.04. The molecule has 0 heterocycles. The molecule has 0 saturated heterocycles. The molecule has 19 heavy (non-hydrogen) atoms. The van der Waals surface area contributed by atoms with Crippen molar-refractivity contribution in [2.45, 2.75) is 18.9 Å². The highest BCUT2D eigenvalue weighted by atomic mass is 79.9. The number of nitrogens with two attached hydrogens (primary N) is 1. The molecule has 1 unspecified atom stereocenters. The van der Waals surface area contributed by atoms with Crippen molar-refractivity contribution in [3.05, 3.63) is 68.9 Å². The molecular weight excluding hydrogens is 329 g/mol. The molecule has 0 spiro atoms. The van der Waals surface area contributed by atoms with Gasteiger partial charge in [0.25, 0.3) is 0 Å². The lowest BCUT2D eigenvalue weighted by molar-refractivity contribution is 0.584. The van der Waals surface area contributed by atoms with E-state index in [-0.39, 0.29) is 11.9 Å². The van der Waals surface area contributed by atoms with Crippen LogP contribution in [0.25, 0.3) is 0 Å². The van der Waals surface area contributed by atoms with Crippen molar-refractivity contribution in [2.24, 2.45) is 5.73 Å². The molecule has 100 valence electrons. The van der Waals surface area contributed by atoms with Crippen LogP contribution >= 0.6 is 27.5 Å². The number of halogens is 3. The minimum atomic E-state index is -0.255. The van der Waals surface area contributed by atoms with Crippen LogP contribution in [0.2, 0.25) is 5.02 Å². The summed E-state index contributed by atoms with van der Waals surface area (Å²) >= 11 is 9.29. The maximum Gasteiger partial charge on any atom is 0.126 e. The fourth-order valence-electron chi connectivity index (χ4n) is 2.02. The Morgan fingerprint density at radius 1 is 1.16 bits per heavy atom. The molecule has 0 bridgehead atoms. The maximum absolute atomic E-state index is 13.6. The largest absolute Gasteiger partial charge is 0.327 e. The second-order valence-electron chi connectivity index (χ2n) is 4.53. The van der Waals surface area contributed by atoms with Gasteiger partial charge in [0.05, 0.1) is 0 Å². The first-order valence-corrected chi connectivity index (χ1v) is 7.15. The minimum Gasteiger partial charge on any atom is -0.327 e. The Morgan fingerprint density at radius 3 is 2.68 bits per heavy atom. The average Bonchev–Trinajstić information content (AvgIpc) is 2.34. The average molecular weight is 343 g/mol. The van der Waals surface area contributed by atoms with Gasteiger partial charge in [-0.15, -0.1) is 0 Å². The highest BCUT2D eigenvalue weighted by molar-refractivity contribution is 9.10. The standard InChI is InChI=1S/C15H14BrClFN/c16-12-3-1-2-10(6-12)7-14(19)9-11-8-13(17)4-5-15(11)18/h1-6,8,14H,7,9,19H2. The molecule has 0 radical (unpaired) electrons. The molecule has 0 aliphatic rings. The second-order valence-corrected chi connectivity index (χ2v) is 5.89. The van der Waals surface area contributed by atoms with Gasteiger partial charge in [0.2, 0.25) is 0 Å². The molecule has 0 fully saturated rings. The lowest BCUT2D eigenvalue weighted by atomic mass is 9.99. The van der Waals surface area contributed by atoms with E-state index in [0.29, 0.717) is 23.4 Å². The maximum atomic E-state index is 13.6. The second kappa shape index (κ2) is 6.51. The molecule has 1 atom stereocenters. The van der Waals surface area contributed by atoms with Gasteiger partial charge in [-0.1, -0.05) is 39.7 Å². The minimum absolute atomic E-state index is 0.137. The van der Waals surface area contributed by atoms with Gasteiger partial charge in [-0.05, 0) is 54.3 Å². The summed E-state index contributed by atoms with van der Waals surface area (Å²) in [5.74, 6) is -0.255. The molecule has 2 aromatic rings. The number of hydrogen-bond acceptors (Lipinski definition) is 1. The summed E-state index contributed by atoms with van der Waals surface area (Å²) in [5, 5.41) is 0.533. The summed E-state index contributed by atoms with van der Waals surface area (Å²) < 4.78 is 14.6. The Bertz CT molecular complexity index is 574. The Balaban J connectivity index is 2.05. The van der Waals surface area contributed by atoms with Crippen molar-refractivity contribution in [2.75, 3.05) is 0 Å². The summed E-state index contributed by atoms with van der Waals surface area (Å²) in [6, 6.07) is 12.4. The van der Waals surface area contributed by atoms with Crippen LogP contribution in [0.5, 0.6) is 0 Å². The van der Waals surface area contributed by atoms with Crippen LogP contribution in [0.3, 0.4) is 0 Å². The van der Waals surface area contributed by atoms with Crippen molar-refractivity contribution in [3.63, 3.8) is 0 Å². The topological polar surface area (TPSA) is 26.0 Å². The Kier molecular flexibility index (Phi) is 4.97. The quantitative estimate of drug-likeness (QED) is 0.878. The third-order valence-corrected chi connectivity index (χ3v) is 3.61. The van der Waals surface area contributed by atoms with E-state index in [2.05, 4.69) is 15.9 Å². The summed E-state index contributed by atoms with van der Waals surface area (Å²) in [6.45, 7) is 0. The molecule has 0 amide bonds. The molecule has 0 saturated carbocycles. The predicted molar refractivity (Wildman–Crippen MR) is 80.9 cm³/mol. The Labute approximate surface area is 125 Å². The van der Waals surface area contributed by atoms with Crippen molar-refractivity contribution in [3.8, 4) is 0 Å². The zero-order valence-electron chi connectivity index (χ0n) is 10.2. The van der Waals surface area contributed by atoms with Crippen LogP contribution in [-0.2, 0) is 12.8 Å². The number of benzene rings is 2. The molecule has 0 aliphatic carbocycles. The Morgan fingerprint density at radius 2 is 1.95 bits per heavy atom. The lowest BCUT2D eigenvalue weighted by Crippen LogP contribution is -2.26. The number of rotatable bonds is 4. The van der Waals surface area contributed by atoms with Gasteiger partial charge in [0.15, 0.2) is 0 Å². The highest BCUT2D eigenvalue weighted by Gasteiger charge is 2.10. The molecule has 2 N–H and O–H groups in total. The first kappa shape index (κ1) is 14.5. The summed E-state index contributed by atoms with van der Waals surface area (Å²) in [5.41, 5.74) is 7.78. The van der Waals surface area contributed by atoms with Crippen LogP contribution in [0.1, 0.15) is 11.1 Å². The first-order valence-electron chi connectivity index (χ1n) is 5.98. The van der Waals surface area contributed by atoms with Crippen LogP contribution in [-0.4, -0.2) is 6.04 Å². The third-order valence-electron chi connectivity index (χ3n) is 2.88. The van der Waals surface area contributed by atoms with Gasteiger partial charge in [0, 0.05) is 15.5 Å². The lowest BCUT2D eigenvalue weighted by Gasteiger charge is -2.13. The molecular formula is C15H14BrClFN. The zero-order chi connectivity index (χ0) is 13.8. The van der Waals surface area contributed by atoms with E-state index in [1.165, 1.54) is 6.07 Å². The van der Waals surface area contributed by atoms with Crippen molar-refractivity contribution >= 4 is 27.5 Å². The Hall–Kier alpha value is -0.900. The van der Waals surface area contributed by atoms with Gasteiger partial charge in [0.1, 0.15) is 5.82 Å². The van der Waals surface area contributed by atoms with E-state index in [4.69, 9.17) is 17.3 Å². The fourth-order valence-corrected chi connectivity index (χ4v) is 2.66. The van der Waals surface area contributed by atoms with E-state index in [0.717, 1.165) is 10.0 Å². The number of hydrogen-bond donors (Lipinski definition) is 1. The van der Waals surface area contributed by atoms with Gasteiger partial charge in [-0.3, -0.25) is 0 Å². The highest BCUT2D eigenvalue weighted by Crippen LogP contribution is 2.18. The third kappa shape index (κ3) is 4.30. The van der Waals surface area contributed by atoms with Crippen LogP contribution in [0, 0.1) is 5.82 Å². The molecule has 0 aromatic heterocycles. The van der Waals surface area contributed by atoms with E-state index < -0.39 is 0 Å². The molecule has 2 aromatic carbocycles. The SMILES string of the molecule is NC(Cc1cccc(Br)c1)Cc1cc(Cl)ccc1F. The smallest absolute Gasteiger partial charge is 0.126 e. The van der Waals surface area contributed by atoms with E-state index in [9.17, 15) is 4.39 Å².